The van der Waals surface area contributed by atoms with E-state index in [9.17, 15) is 4.79 Å². The predicted octanol–water partition coefficient (Wildman–Crippen LogP) is 2.71. The molecule has 0 saturated heterocycles. The highest BCUT2D eigenvalue weighted by molar-refractivity contribution is 7.14. The van der Waals surface area contributed by atoms with Crippen LogP contribution in [-0.4, -0.2) is 23.7 Å². The van der Waals surface area contributed by atoms with E-state index in [0.717, 1.165) is 29.7 Å². The van der Waals surface area contributed by atoms with Crippen molar-refractivity contribution in [2.45, 2.75) is 46.1 Å². The van der Waals surface area contributed by atoms with Crippen LogP contribution in [-0.2, 0) is 0 Å². The summed E-state index contributed by atoms with van der Waals surface area (Å²) in [5, 5.41) is 11.7. The molecule has 1 aromatic rings. The van der Waals surface area contributed by atoms with Crippen molar-refractivity contribution in [3.8, 4) is 11.8 Å². The van der Waals surface area contributed by atoms with Gasteiger partial charge in [0.2, 0.25) is 0 Å². The van der Waals surface area contributed by atoms with E-state index in [2.05, 4.69) is 24.1 Å². The number of carbonyl (C=O) groups excluding carboxylic acids is 1. The number of aliphatic hydroxyl groups is 1. The van der Waals surface area contributed by atoms with Crippen molar-refractivity contribution in [1.29, 1.82) is 0 Å². The van der Waals surface area contributed by atoms with Crippen molar-refractivity contribution >= 4 is 17.2 Å². The molecule has 3 nitrogen and oxygen atoms in total. The Morgan fingerprint density at radius 2 is 2.32 bits per heavy atom. The van der Waals surface area contributed by atoms with E-state index in [1.54, 1.807) is 0 Å². The summed E-state index contributed by atoms with van der Waals surface area (Å²) in [7, 11) is 0. The van der Waals surface area contributed by atoms with Gasteiger partial charge >= 0.3 is 0 Å². The molecule has 0 spiro atoms. The number of hydrogen-bond donors (Lipinski definition) is 2. The summed E-state index contributed by atoms with van der Waals surface area (Å²) in [6, 6.07) is 2.05. The zero-order valence-electron chi connectivity index (χ0n) is 11.7. The van der Waals surface area contributed by atoms with Crippen molar-refractivity contribution in [2.24, 2.45) is 0 Å². The van der Waals surface area contributed by atoms with Crippen molar-refractivity contribution in [1.82, 2.24) is 5.32 Å². The molecule has 0 bridgehead atoms. The molecule has 19 heavy (non-hydrogen) atoms. The van der Waals surface area contributed by atoms with E-state index in [1.807, 2.05) is 19.9 Å². The fraction of sp³-hybridized carbons (Fsp3) is 0.533. The first kappa shape index (κ1) is 15.7. The molecule has 1 aromatic heterocycles. The number of rotatable bonds is 5. The number of amides is 1. The van der Waals surface area contributed by atoms with E-state index >= 15 is 0 Å². The Bertz CT molecular complexity index is 482. The minimum absolute atomic E-state index is 0.0336. The second kappa shape index (κ2) is 7.98. The topological polar surface area (TPSA) is 49.3 Å². The highest BCUT2D eigenvalue weighted by atomic mass is 32.1. The molecule has 104 valence electrons. The Hall–Kier alpha value is -1.31. The van der Waals surface area contributed by atoms with Crippen LogP contribution in [0.4, 0.5) is 0 Å². The molecule has 0 radical (unpaired) electrons. The first-order valence-electron chi connectivity index (χ1n) is 6.59. The van der Waals surface area contributed by atoms with Gasteiger partial charge in [0.25, 0.3) is 5.91 Å². The Labute approximate surface area is 119 Å². The van der Waals surface area contributed by atoms with Crippen molar-refractivity contribution < 1.29 is 9.90 Å². The van der Waals surface area contributed by atoms with E-state index in [4.69, 9.17) is 5.11 Å². The number of aliphatic hydroxyl groups excluding tert-OH is 1. The van der Waals surface area contributed by atoms with Crippen molar-refractivity contribution in [2.75, 3.05) is 6.61 Å². The number of carbonyl (C=O) groups is 1. The second-order valence-electron chi connectivity index (χ2n) is 4.60. The lowest BCUT2D eigenvalue weighted by molar-refractivity contribution is 0.0942. The second-order valence-corrected chi connectivity index (χ2v) is 5.65. The minimum Gasteiger partial charge on any atom is -0.384 e. The molecule has 1 atom stereocenters. The summed E-state index contributed by atoms with van der Waals surface area (Å²) in [5.41, 5.74) is 0.984. The van der Waals surface area contributed by atoms with Gasteiger partial charge in [-0.2, -0.15) is 0 Å². The van der Waals surface area contributed by atoms with Gasteiger partial charge in [-0.15, -0.1) is 11.3 Å². The van der Waals surface area contributed by atoms with Gasteiger partial charge in [0.1, 0.15) is 6.61 Å². The van der Waals surface area contributed by atoms with Gasteiger partial charge in [-0.05, 0) is 31.9 Å². The van der Waals surface area contributed by atoms with E-state index < -0.39 is 0 Å². The summed E-state index contributed by atoms with van der Waals surface area (Å²) in [6.45, 7) is 5.94. The fourth-order valence-corrected chi connectivity index (χ4v) is 2.67. The average Bonchev–Trinajstić information content (AvgIpc) is 2.75. The first-order valence-corrected chi connectivity index (χ1v) is 7.41. The fourth-order valence-electron chi connectivity index (χ4n) is 1.72. The van der Waals surface area contributed by atoms with Gasteiger partial charge in [0.05, 0.1) is 9.75 Å². The Morgan fingerprint density at radius 1 is 1.58 bits per heavy atom. The molecular formula is C15H21NO2S. The van der Waals surface area contributed by atoms with Crippen LogP contribution in [0.2, 0.25) is 0 Å². The number of unbranched alkanes of at least 4 members (excludes halogenated alkanes) is 1. The molecule has 1 unspecified atom stereocenters. The van der Waals surface area contributed by atoms with Gasteiger partial charge in [0.15, 0.2) is 0 Å². The maximum atomic E-state index is 12.1. The molecule has 0 aliphatic rings. The standard InChI is InChI=1S/C15H21NO2S/c1-4-5-7-12(3)16-15(18)14-10-11(2)13(19-14)8-6-9-17/h10,12,17H,4-5,7,9H2,1-3H3,(H,16,18). The highest BCUT2D eigenvalue weighted by Crippen LogP contribution is 2.21. The molecule has 0 aliphatic carbocycles. The molecule has 2 N–H and O–H groups in total. The van der Waals surface area contributed by atoms with E-state index in [1.165, 1.54) is 11.3 Å². The Morgan fingerprint density at radius 3 is 2.95 bits per heavy atom. The Kier molecular flexibility index (Phi) is 6.61. The summed E-state index contributed by atoms with van der Waals surface area (Å²) in [4.78, 5) is 13.6. The summed E-state index contributed by atoms with van der Waals surface area (Å²) in [5.74, 6) is 5.44. The number of hydrogen-bond acceptors (Lipinski definition) is 3. The van der Waals surface area contributed by atoms with E-state index in [0.29, 0.717) is 4.88 Å². The lowest BCUT2D eigenvalue weighted by Gasteiger charge is -2.12. The predicted molar refractivity (Wildman–Crippen MR) is 79.5 cm³/mol. The Balaban J connectivity index is 2.67. The van der Waals surface area contributed by atoms with Gasteiger partial charge in [-0.25, -0.2) is 0 Å². The van der Waals surface area contributed by atoms with Crippen molar-refractivity contribution in [3.63, 3.8) is 0 Å². The number of thiophene rings is 1. The molecule has 0 saturated carbocycles. The summed E-state index contributed by atoms with van der Waals surface area (Å²) < 4.78 is 0. The third-order valence-electron chi connectivity index (χ3n) is 2.79. The number of nitrogens with one attached hydrogen (secondary N) is 1. The summed E-state index contributed by atoms with van der Waals surface area (Å²) in [6.07, 6.45) is 3.27. The first-order chi connectivity index (χ1) is 9.08. The van der Waals surface area contributed by atoms with Crippen LogP contribution < -0.4 is 5.32 Å². The average molecular weight is 279 g/mol. The molecule has 4 heteroatoms. The zero-order chi connectivity index (χ0) is 14.3. The lowest BCUT2D eigenvalue weighted by atomic mass is 10.1. The normalized spacial score (nSPS) is 11.6. The van der Waals surface area contributed by atoms with Crippen molar-refractivity contribution in [3.05, 3.63) is 21.4 Å². The van der Waals surface area contributed by atoms with Crippen LogP contribution in [0.1, 0.15) is 53.2 Å². The highest BCUT2D eigenvalue weighted by Gasteiger charge is 2.13. The third-order valence-corrected chi connectivity index (χ3v) is 3.94. The van der Waals surface area contributed by atoms with Crippen LogP contribution in [0, 0.1) is 18.8 Å². The molecule has 0 aliphatic heterocycles. The molecule has 0 aromatic carbocycles. The lowest BCUT2D eigenvalue weighted by Crippen LogP contribution is -2.31. The van der Waals surface area contributed by atoms with Gasteiger partial charge in [0, 0.05) is 6.04 Å². The summed E-state index contributed by atoms with van der Waals surface area (Å²) >= 11 is 1.38. The molecule has 1 heterocycles. The third kappa shape index (κ3) is 5.06. The molecular weight excluding hydrogens is 258 g/mol. The van der Waals surface area contributed by atoms with Gasteiger partial charge in [-0.1, -0.05) is 31.6 Å². The van der Waals surface area contributed by atoms with Crippen LogP contribution in [0.25, 0.3) is 0 Å². The monoisotopic (exact) mass is 279 g/mol. The van der Waals surface area contributed by atoms with Crippen LogP contribution in [0.5, 0.6) is 0 Å². The zero-order valence-corrected chi connectivity index (χ0v) is 12.6. The van der Waals surface area contributed by atoms with Crippen LogP contribution in [0.3, 0.4) is 0 Å². The van der Waals surface area contributed by atoms with Crippen LogP contribution in [0.15, 0.2) is 6.07 Å². The smallest absolute Gasteiger partial charge is 0.261 e. The molecule has 1 rings (SSSR count). The van der Waals surface area contributed by atoms with Gasteiger partial charge in [-0.3, -0.25) is 4.79 Å². The number of aryl methyl sites for hydroxylation is 1. The van der Waals surface area contributed by atoms with E-state index in [-0.39, 0.29) is 18.6 Å². The maximum Gasteiger partial charge on any atom is 0.261 e. The SMILES string of the molecule is CCCCC(C)NC(=O)c1cc(C)c(C#CCO)s1. The van der Waals surface area contributed by atoms with Crippen LogP contribution >= 0.6 is 11.3 Å². The largest absolute Gasteiger partial charge is 0.384 e. The van der Waals surface area contributed by atoms with Gasteiger partial charge < -0.3 is 10.4 Å². The maximum absolute atomic E-state index is 12.1. The molecule has 0 fully saturated rings. The molecule has 1 amide bonds. The minimum atomic E-state index is -0.160. The quantitative estimate of drug-likeness (QED) is 0.814.